The molecule has 0 saturated heterocycles. The summed E-state index contributed by atoms with van der Waals surface area (Å²) in [6.45, 7) is 1.66. The molecule has 0 fully saturated rings. The van der Waals surface area contributed by atoms with Crippen LogP contribution in [0.15, 0.2) is 5.16 Å². The second-order valence-electron chi connectivity index (χ2n) is 3.32. The van der Waals surface area contributed by atoms with Gasteiger partial charge in [0.15, 0.2) is 0 Å². The average Bonchev–Trinajstić information content (AvgIpc) is 2.75. The van der Waals surface area contributed by atoms with E-state index in [1.807, 2.05) is 0 Å². The molecule has 18 heavy (non-hydrogen) atoms. The lowest BCUT2D eigenvalue weighted by Crippen LogP contribution is -2.12. The number of methoxy groups -OCH3 is 1. The fraction of sp³-hybridized carbons (Fsp3) is 0.778. The Morgan fingerprint density at radius 1 is 1.44 bits per heavy atom. The number of carbonyl (C=O) groups is 1. The predicted octanol–water partition coefficient (Wildman–Crippen LogP) is -0.0971. The summed E-state index contributed by atoms with van der Waals surface area (Å²) >= 11 is 1.37. The molecule has 8 nitrogen and oxygen atoms in total. The second-order valence-corrected chi connectivity index (χ2v) is 4.38. The Kier molecular flexibility index (Phi) is 7.30. The van der Waals surface area contributed by atoms with E-state index in [-0.39, 0.29) is 6.54 Å². The van der Waals surface area contributed by atoms with Gasteiger partial charge in [-0.3, -0.25) is 4.79 Å². The van der Waals surface area contributed by atoms with E-state index in [2.05, 4.69) is 15.5 Å². The first-order valence-corrected chi connectivity index (χ1v) is 6.40. The van der Waals surface area contributed by atoms with E-state index in [0.29, 0.717) is 30.7 Å². The molecule has 0 amide bonds. The molecule has 9 heteroatoms. The Bertz CT molecular complexity index is 360. The van der Waals surface area contributed by atoms with Gasteiger partial charge in [-0.25, -0.2) is 4.68 Å². The number of nitrogens with zero attached hydrogens (tertiary/aromatic N) is 4. The molecule has 1 aromatic rings. The van der Waals surface area contributed by atoms with E-state index in [0.717, 1.165) is 6.42 Å². The molecule has 0 aliphatic rings. The van der Waals surface area contributed by atoms with Gasteiger partial charge in [0.2, 0.25) is 5.16 Å². The Morgan fingerprint density at radius 3 is 3.00 bits per heavy atom. The van der Waals surface area contributed by atoms with E-state index < -0.39 is 5.97 Å². The third-order valence-electron chi connectivity index (χ3n) is 1.88. The van der Waals surface area contributed by atoms with Crippen molar-refractivity contribution in [1.29, 1.82) is 0 Å². The van der Waals surface area contributed by atoms with Crippen LogP contribution in [-0.4, -0.2) is 64.0 Å². The van der Waals surface area contributed by atoms with E-state index in [1.165, 1.54) is 16.4 Å². The summed E-state index contributed by atoms with van der Waals surface area (Å²) in [5.74, 6) is -0.299. The molecule has 0 aromatic carbocycles. The monoisotopic (exact) mass is 276 g/mol. The number of thioether (sulfide) groups is 1. The van der Waals surface area contributed by atoms with Gasteiger partial charge in [0.25, 0.3) is 0 Å². The first-order valence-electron chi connectivity index (χ1n) is 5.41. The number of rotatable bonds is 10. The topological polar surface area (TPSA) is 99.4 Å². The normalized spacial score (nSPS) is 10.7. The third kappa shape index (κ3) is 5.94. The van der Waals surface area contributed by atoms with E-state index in [4.69, 9.17) is 14.6 Å². The van der Waals surface area contributed by atoms with E-state index in [9.17, 15) is 4.79 Å². The number of tetrazole rings is 1. The molecule has 0 spiro atoms. The number of carboxylic acids is 1. The fourth-order valence-electron chi connectivity index (χ4n) is 1.13. The third-order valence-corrected chi connectivity index (χ3v) is 2.80. The van der Waals surface area contributed by atoms with E-state index >= 15 is 0 Å². The maximum atomic E-state index is 10.5. The number of carboxylic acid groups (broad SMARTS) is 1. The molecule has 0 aliphatic carbocycles. The van der Waals surface area contributed by atoms with E-state index in [1.54, 1.807) is 7.11 Å². The van der Waals surface area contributed by atoms with Gasteiger partial charge < -0.3 is 14.6 Å². The van der Waals surface area contributed by atoms with Crippen LogP contribution in [0.2, 0.25) is 0 Å². The SMILES string of the molecule is COCCCOCCSc1nnnn1CC(=O)O. The molecule has 0 unspecified atom stereocenters. The predicted molar refractivity (Wildman–Crippen MR) is 63.5 cm³/mol. The van der Waals surface area contributed by atoms with Crippen molar-refractivity contribution in [2.24, 2.45) is 0 Å². The average molecular weight is 276 g/mol. The van der Waals surface area contributed by atoms with Crippen molar-refractivity contribution < 1.29 is 19.4 Å². The Labute approximate surface area is 109 Å². The minimum atomic E-state index is -0.972. The maximum Gasteiger partial charge on any atom is 0.325 e. The van der Waals surface area contributed by atoms with Crippen LogP contribution >= 0.6 is 11.8 Å². The summed E-state index contributed by atoms with van der Waals surface area (Å²) in [5.41, 5.74) is 0. The molecule has 0 radical (unpaired) electrons. The molecular weight excluding hydrogens is 260 g/mol. The summed E-state index contributed by atoms with van der Waals surface area (Å²) in [6.07, 6.45) is 0.859. The molecule has 1 aromatic heterocycles. The lowest BCUT2D eigenvalue weighted by Gasteiger charge is -2.03. The van der Waals surface area contributed by atoms with Crippen LogP contribution < -0.4 is 0 Å². The van der Waals surface area contributed by atoms with Gasteiger partial charge in [0.1, 0.15) is 6.54 Å². The lowest BCUT2D eigenvalue weighted by atomic mass is 10.5. The van der Waals surface area contributed by atoms with Gasteiger partial charge in [0.05, 0.1) is 6.61 Å². The van der Waals surface area contributed by atoms with Gasteiger partial charge >= 0.3 is 5.97 Å². The maximum absolute atomic E-state index is 10.5. The second kappa shape index (κ2) is 8.84. The molecule has 1 N–H and O–H groups in total. The smallest absolute Gasteiger partial charge is 0.325 e. The van der Waals surface area contributed by atoms with Gasteiger partial charge in [-0.05, 0) is 16.8 Å². The summed E-state index contributed by atoms with van der Waals surface area (Å²) in [5, 5.41) is 19.9. The molecule has 0 aliphatic heterocycles. The fourth-order valence-corrected chi connectivity index (χ4v) is 1.85. The molecule has 0 atom stereocenters. The van der Waals surface area contributed by atoms with Crippen molar-refractivity contribution in [3.05, 3.63) is 0 Å². The first-order chi connectivity index (χ1) is 8.74. The van der Waals surface area contributed by atoms with Crippen LogP contribution in [0.3, 0.4) is 0 Å². The molecule has 1 rings (SSSR count). The van der Waals surface area contributed by atoms with Gasteiger partial charge in [-0.1, -0.05) is 11.8 Å². The van der Waals surface area contributed by atoms with Crippen LogP contribution in [0.5, 0.6) is 0 Å². The summed E-state index contributed by atoms with van der Waals surface area (Å²) in [7, 11) is 1.65. The summed E-state index contributed by atoms with van der Waals surface area (Å²) in [6, 6.07) is 0. The van der Waals surface area contributed by atoms with Crippen LogP contribution in [0.4, 0.5) is 0 Å². The lowest BCUT2D eigenvalue weighted by molar-refractivity contribution is -0.138. The van der Waals surface area contributed by atoms with Crippen molar-refractivity contribution in [2.45, 2.75) is 18.1 Å². The summed E-state index contributed by atoms with van der Waals surface area (Å²) < 4.78 is 11.5. The van der Waals surface area contributed by atoms with Crippen molar-refractivity contribution in [1.82, 2.24) is 20.2 Å². The quantitative estimate of drug-likeness (QED) is 0.467. The number of hydrogen-bond acceptors (Lipinski definition) is 7. The molecule has 0 bridgehead atoms. The van der Waals surface area contributed by atoms with Crippen molar-refractivity contribution >= 4 is 17.7 Å². The summed E-state index contributed by atoms with van der Waals surface area (Å²) in [4.78, 5) is 10.5. The molecule has 102 valence electrons. The minimum Gasteiger partial charge on any atom is -0.480 e. The minimum absolute atomic E-state index is 0.232. The largest absolute Gasteiger partial charge is 0.480 e. The zero-order valence-electron chi connectivity index (χ0n) is 10.1. The molecule has 0 saturated carbocycles. The molecule has 1 heterocycles. The highest BCUT2D eigenvalue weighted by atomic mass is 32.2. The van der Waals surface area contributed by atoms with Crippen molar-refractivity contribution in [2.75, 3.05) is 32.7 Å². The van der Waals surface area contributed by atoms with Gasteiger partial charge in [0, 0.05) is 26.1 Å². The first kappa shape index (κ1) is 14.9. The van der Waals surface area contributed by atoms with Gasteiger partial charge in [-0.2, -0.15) is 0 Å². The zero-order valence-corrected chi connectivity index (χ0v) is 10.9. The highest BCUT2D eigenvalue weighted by Gasteiger charge is 2.09. The van der Waals surface area contributed by atoms with Crippen molar-refractivity contribution in [3.63, 3.8) is 0 Å². The van der Waals surface area contributed by atoms with Crippen LogP contribution in [-0.2, 0) is 20.8 Å². The van der Waals surface area contributed by atoms with Crippen LogP contribution in [0.25, 0.3) is 0 Å². The number of aromatic nitrogens is 4. The van der Waals surface area contributed by atoms with Crippen LogP contribution in [0, 0.1) is 0 Å². The Hall–Kier alpha value is -1.19. The number of hydrogen-bond donors (Lipinski definition) is 1. The number of aliphatic carboxylic acids is 1. The van der Waals surface area contributed by atoms with Gasteiger partial charge in [-0.15, -0.1) is 5.10 Å². The highest BCUT2D eigenvalue weighted by Crippen LogP contribution is 2.12. The highest BCUT2D eigenvalue weighted by molar-refractivity contribution is 7.99. The van der Waals surface area contributed by atoms with Crippen molar-refractivity contribution in [3.8, 4) is 0 Å². The zero-order chi connectivity index (χ0) is 13.2. The molecular formula is C9H16N4O4S. The standard InChI is InChI=1S/C9H16N4O4S/c1-16-3-2-4-17-5-6-18-9-10-11-12-13(9)7-8(14)15/h2-7H2,1H3,(H,14,15). The Balaban J connectivity index is 2.15. The van der Waals surface area contributed by atoms with Crippen LogP contribution in [0.1, 0.15) is 6.42 Å². The number of ether oxygens (including phenoxy) is 2. The Morgan fingerprint density at radius 2 is 2.28 bits per heavy atom.